The summed E-state index contributed by atoms with van der Waals surface area (Å²) in [7, 11) is 0. The van der Waals surface area contributed by atoms with Crippen LogP contribution < -0.4 is 5.73 Å². The molecule has 2 rings (SSSR count). The van der Waals surface area contributed by atoms with Crippen LogP contribution in [-0.2, 0) is 4.74 Å². The molecule has 0 spiro atoms. The molecular formula is C13H21N3O3. The standard InChI is InChI=1S/C13H21N3O3/c1-13(2,3)18-12(17)16-6-4-5-9(8-16)11-10(14)7-15-19-11/h7,9H,4-6,8,14H2,1-3H3. The van der Waals surface area contributed by atoms with Crippen molar-refractivity contribution in [3.05, 3.63) is 12.0 Å². The Balaban J connectivity index is 2.01. The summed E-state index contributed by atoms with van der Waals surface area (Å²) in [5, 5.41) is 3.69. The van der Waals surface area contributed by atoms with E-state index in [4.69, 9.17) is 15.0 Å². The van der Waals surface area contributed by atoms with Crippen LogP contribution in [0.4, 0.5) is 10.5 Å². The van der Waals surface area contributed by atoms with Crippen molar-refractivity contribution >= 4 is 11.8 Å². The Morgan fingerprint density at radius 2 is 2.32 bits per heavy atom. The molecule has 2 N–H and O–H groups in total. The summed E-state index contributed by atoms with van der Waals surface area (Å²) in [4.78, 5) is 13.7. The van der Waals surface area contributed by atoms with E-state index in [9.17, 15) is 4.79 Å². The molecule has 106 valence electrons. The molecule has 1 unspecified atom stereocenters. The largest absolute Gasteiger partial charge is 0.444 e. The molecule has 6 nitrogen and oxygen atoms in total. The monoisotopic (exact) mass is 267 g/mol. The Morgan fingerprint density at radius 3 is 2.89 bits per heavy atom. The zero-order valence-corrected chi connectivity index (χ0v) is 11.7. The normalized spacial score (nSPS) is 20.4. The molecule has 0 radical (unpaired) electrons. The molecule has 1 atom stereocenters. The van der Waals surface area contributed by atoms with Gasteiger partial charge in [0.2, 0.25) is 0 Å². The number of carbonyl (C=O) groups excluding carboxylic acids is 1. The van der Waals surface area contributed by atoms with Gasteiger partial charge >= 0.3 is 6.09 Å². The van der Waals surface area contributed by atoms with Gasteiger partial charge in [-0.15, -0.1) is 0 Å². The molecule has 1 aliphatic rings. The first kappa shape index (κ1) is 13.7. The van der Waals surface area contributed by atoms with Crippen LogP contribution in [0.5, 0.6) is 0 Å². The minimum absolute atomic E-state index is 0.101. The van der Waals surface area contributed by atoms with Gasteiger partial charge in [0.05, 0.1) is 11.9 Å². The van der Waals surface area contributed by atoms with E-state index in [1.54, 1.807) is 4.90 Å². The van der Waals surface area contributed by atoms with Crippen LogP contribution in [0.2, 0.25) is 0 Å². The Morgan fingerprint density at radius 1 is 1.58 bits per heavy atom. The van der Waals surface area contributed by atoms with Gasteiger partial charge in [-0.1, -0.05) is 5.16 Å². The predicted octanol–water partition coefficient (Wildman–Crippen LogP) is 2.37. The molecular weight excluding hydrogens is 246 g/mol. The van der Waals surface area contributed by atoms with Gasteiger partial charge in [-0.2, -0.15) is 0 Å². The fourth-order valence-corrected chi connectivity index (χ4v) is 2.25. The van der Waals surface area contributed by atoms with Crippen molar-refractivity contribution in [2.24, 2.45) is 0 Å². The number of ether oxygens (including phenoxy) is 1. The molecule has 0 saturated carbocycles. The van der Waals surface area contributed by atoms with Gasteiger partial charge in [-0.3, -0.25) is 0 Å². The van der Waals surface area contributed by atoms with Crippen LogP contribution in [0.3, 0.4) is 0 Å². The van der Waals surface area contributed by atoms with Gasteiger partial charge in [-0.25, -0.2) is 4.79 Å². The molecule has 1 aromatic rings. The molecule has 6 heteroatoms. The van der Waals surface area contributed by atoms with Gasteiger partial charge in [0.1, 0.15) is 5.60 Å². The number of nitrogens with two attached hydrogens (primary N) is 1. The second kappa shape index (κ2) is 5.11. The summed E-state index contributed by atoms with van der Waals surface area (Å²) in [5.74, 6) is 0.775. The van der Waals surface area contributed by atoms with Crippen LogP contribution in [0.15, 0.2) is 10.7 Å². The molecule has 1 aliphatic heterocycles. The van der Waals surface area contributed by atoms with Crippen LogP contribution in [0.1, 0.15) is 45.3 Å². The van der Waals surface area contributed by atoms with Crippen molar-refractivity contribution < 1.29 is 14.1 Å². The second-order valence-corrected chi connectivity index (χ2v) is 5.91. The van der Waals surface area contributed by atoms with E-state index in [0.717, 1.165) is 12.8 Å². The van der Waals surface area contributed by atoms with Crippen LogP contribution in [-0.4, -0.2) is 34.8 Å². The number of aromatic nitrogens is 1. The third-order valence-electron chi connectivity index (χ3n) is 3.07. The summed E-state index contributed by atoms with van der Waals surface area (Å²) < 4.78 is 10.6. The lowest BCUT2D eigenvalue weighted by molar-refractivity contribution is 0.0191. The number of amides is 1. The lowest BCUT2D eigenvalue weighted by Gasteiger charge is -2.33. The predicted molar refractivity (Wildman–Crippen MR) is 70.7 cm³/mol. The highest BCUT2D eigenvalue weighted by Gasteiger charge is 2.30. The number of piperidine rings is 1. The number of likely N-dealkylation sites (tertiary alicyclic amines) is 1. The Hall–Kier alpha value is -1.72. The lowest BCUT2D eigenvalue weighted by Crippen LogP contribution is -2.42. The molecule has 0 bridgehead atoms. The average molecular weight is 267 g/mol. The first-order chi connectivity index (χ1) is 8.87. The summed E-state index contributed by atoms with van der Waals surface area (Å²) in [5.41, 5.74) is 5.88. The van der Waals surface area contributed by atoms with Gasteiger partial charge < -0.3 is 19.9 Å². The minimum atomic E-state index is -0.477. The molecule has 2 heterocycles. The van der Waals surface area contributed by atoms with Crippen molar-refractivity contribution in [1.29, 1.82) is 0 Å². The maximum absolute atomic E-state index is 12.0. The zero-order chi connectivity index (χ0) is 14.0. The molecule has 19 heavy (non-hydrogen) atoms. The number of anilines is 1. The first-order valence-electron chi connectivity index (χ1n) is 6.55. The topological polar surface area (TPSA) is 81.6 Å². The van der Waals surface area contributed by atoms with Crippen molar-refractivity contribution in [1.82, 2.24) is 10.1 Å². The van der Waals surface area contributed by atoms with Crippen molar-refractivity contribution in [2.45, 2.75) is 45.1 Å². The average Bonchev–Trinajstić information content (AvgIpc) is 2.73. The quantitative estimate of drug-likeness (QED) is 0.844. The highest BCUT2D eigenvalue weighted by molar-refractivity contribution is 5.68. The molecule has 1 fully saturated rings. The Labute approximate surface area is 112 Å². The van der Waals surface area contributed by atoms with Gasteiger partial charge in [-0.05, 0) is 33.6 Å². The van der Waals surface area contributed by atoms with E-state index >= 15 is 0 Å². The van der Waals surface area contributed by atoms with E-state index in [-0.39, 0.29) is 12.0 Å². The van der Waals surface area contributed by atoms with Crippen LogP contribution in [0, 0.1) is 0 Å². The number of nitrogen functional groups attached to an aromatic ring is 1. The number of rotatable bonds is 1. The maximum atomic E-state index is 12.0. The second-order valence-electron chi connectivity index (χ2n) is 5.91. The van der Waals surface area contributed by atoms with E-state index in [0.29, 0.717) is 24.5 Å². The lowest BCUT2D eigenvalue weighted by atomic mass is 9.95. The molecule has 1 amide bonds. The van der Waals surface area contributed by atoms with E-state index in [2.05, 4.69) is 5.16 Å². The number of carbonyl (C=O) groups is 1. The Bertz CT molecular complexity index is 450. The van der Waals surface area contributed by atoms with Crippen LogP contribution in [0.25, 0.3) is 0 Å². The third-order valence-corrected chi connectivity index (χ3v) is 3.07. The SMILES string of the molecule is CC(C)(C)OC(=O)N1CCCC(c2oncc2N)C1. The van der Waals surface area contributed by atoms with E-state index < -0.39 is 5.60 Å². The Kier molecular flexibility index (Phi) is 3.68. The number of hydrogen-bond acceptors (Lipinski definition) is 5. The minimum Gasteiger partial charge on any atom is -0.444 e. The smallest absolute Gasteiger partial charge is 0.410 e. The third kappa shape index (κ3) is 3.39. The molecule has 0 aliphatic carbocycles. The van der Waals surface area contributed by atoms with E-state index in [1.807, 2.05) is 20.8 Å². The van der Waals surface area contributed by atoms with E-state index in [1.165, 1.54) is 6.20 Å². The fraction of sp³-hybridized carbons (Fsp3) is 0.692. The first-order valence-corrected chi connectivity index (χ1v) is 6.55. The fourth-order valence-electron chi connectivity index (χ4n) is 2.25. The summed E-state index contributed by atoms with van der Waals surface area (Å²) in [6.45, 7) is 6.86. The van der Waals surface area contributed by atoms with Gasteiger partial charge in [0, 0.05) is 19.0 Å². The molecule has 1 aromatic heterocycles. The highest BCUT2D eigenvalue weighted by Crippen LogP contribution is 2.30. The summed E-state index contributed by atoms with van der Waals surface area (Å²) in [6, 6.07) is 0. The summed E-state index contributed by atoms with van der Waals surface area (Å²) >= 11 is 0. The maximum Gasteiger partial charge on any atom is 0.410 e. The van der Waals surface area contributed by atoms with Crippen LogP contribution >= 0.6 is 0 Å². The summed E-state index contributed by atoms with van der Waals surface area (Å²) in [6.07, 6.45) is 3.07. The van der Waals surface area contributed by atoms with Gasteiger partial charge in [0.15, 0.2) is 5.76 Å². The molecule has 1 saturated heterocycles. The van der Waals surface area contributed by atoms with Gasteiger partial charge in [0.25, 0.3) is 0 Å². The van der Waals surface area contributed by atoms with Crippen molar-refractivity contribution in [3.63, 3.8) is 0 Å². The van der Waals surface area contributed by atoms with Crippen molar-refractivity contribution in [3.8, 4) is 0 Å². The number of nitrogens with zero attached hydrogens (tertiary/aromatic N) is 2. The highest BCUT2D eigenvalue weighted by atomic mass is 16.6. The number of hydrogen-bond donors (Lipinski definition) is 1. The molecule has 0 aromatic carbocycles. The van der Waals surface area contributed by atoms with Crippen molar-refractivity contribution in [2.75, 3.05) is 18.8 Å². The zero-order valence-electron chi connectivity index (χ0n) is 11.7.